The van der Waals surface area contributed by atoms with Crippen molar-refractivity contribution in [2.75, 3.05) is 13.2 Å². The Morgan fingerprint density at radius 1 is 0.585 bits per heavy atom. The van der Waals surface area contributed by atoms with Crippen molar-refractivity contribution in [3.05, 3.63) is 131 Å². The molecule has 2 fully saturated rings. The number of phenols is 1. The van der Waals surface area contributed by atoms with Gasteiger partial charge < -0.3 is 28.5 Å². The Morgan fingerprint density at radius 3 is 1.58 bits per heavy atom. The lowest BCUT2D eigenvalue weighted by molar-refractivity contribution is -0.193. The smallest absolute Gasteiger partial charge is 0.373 e. The number of para-hydroxylation sites is 2. The van der Waals surface area contributed by atoms with Crippen LogP contribution in [0.3, 0.4) is 0 Å². The zero-order valence-corrected chi connectivity index (χ0v) is 37.3. The van der Waals surface area contributed by atoms with Crippen molar-refractivity contribution in [3.63, 3.8) is 0 Å². The minimum Gasteiger partial charge on any atom is -0.504 e. The molecule has 0 amide bonds. The van der Waals surface area contributed by atoms with E-state index in [0.717, 1.165) is 35.7 Å². The molecule has 2 aliphatic carbocycles. The second kappa shape index (κ2) is 20.8. The first-order valence-corrected chi connectivity index (χ1v) is 23.0. The van der Waals surface area contributed by atoms with Gasteiger partial charge in [0.15, 0.2) is 23.0 Å². The largest absolute Gasteiger partial charge is 0.504 e. The molecule has 0 spiro atoms. The van der Waals surface area contributed by atoms with Gasteiger partial charge >= 0.3 is 12.3 Å². The monoisotopic (exact) mass is 872 g/mol. The molecule has 7 aromatic rings. The Morgan fingerprint density at radius 2 is 1.06 bits per heavy atom. The normalized spacial score (nSPS) is 15.4. The lowest BCUT2D eigenvalue weighted by atomic mass is 9.81. The number of rotatable bonds is 5. The summed E-state index contributed by atoms with van der Waals surface area (Å²) in [6, 6.07) is 36.3. The number of fused-ring (bicyclic) bond motifs is 10. The standard InChI is InChI=1S/C30H31NO2.C23H25NO2.2CO2/c1-21-15-16-24-26(19-21)31-17-18-32-30-25(29(31)28(24)23-11-6-3-7-12-23)13-8-14-27(30)33-20-22-9-4-2-5-10-22;1-15-10-11-17-19(14-15)24-12-13-26-23-18(8-5-9-20(23)25)22(24)21(17)16-6-3-2-4-7-16;2*2-1-3/h2,4-5,8-10,13-16,19,23H,3,6-7,11-12,17-18,20H2,1H3;5,8-11,14,16,25H,2-4,6-7,12-13H2,1H3;;. The van der Waals surface area contributed by atoms with E-state index in [0.29, 0.717) is 37.4 Å². The average molecular weight is 873 g/mol. The first kappa shape index (κ1) is 44.7. The van der Waals surface area contributed by atoms with Crippen molar-refractivity contribution >= 4 is 34.1 Å². The van der Waals surface area contributed by atoms with E-state index >= 15 is 0 Å². The van der Waals surface area contributed by atoms with E-state index in [4.69, 9.17) is 33.4 Å². The van der Waals surface area contributed by atoms with Gasteiger partial charge in [-0.1, -0.05) is 105 Å². The molecule has 0 atom stereocenters. The van der Waals surface area contributed by atoms with Gasteiger partial charge in [-0.3, -0.25) is 0 Å². The maximum atomic E-state index is 10.4. The number of carbonyl (C=O) groups excluding carboxylic acids is 4. The first-order chi connectivity index (χ1) is 31.9. The molecule has 0 bridgehead atoms. The van der Waals surface area contributed by atoms with Crippen LogP contribution in [-0.4, -0.2) is 39.8 Å². The minimum absolute atomic E-state index is 0.243. The number of aryl methyl sites for hydroxylation is 2. The van der Waals surface area contributed by atoms with Gasteiger partial charge in [-0.05, 0) is 116 Å². The van der Waals surface area contributed by atoms with Crippen LogP contribution in [-0.2, 0) is 38.9 Å². The molecule has 1 N–H and O–H groups in total. The van der Waals surface area contributed by atoms with E-state index in [-0.39, 0.29) is 18.1 Å². The van der Waals surface area contributed by atoms with Gasteiger partial charge in [-0.15, -0.1) is 0 Å². The molecular weight excluding hydrogens is 817 g/mol. The maximum Gasteiger partial charge on any atom is 0.373 e. The first-order valence-electron chi connectivity index (χ1n) is 23.0. The molecule has 10 heteroatoms. The van der Waals surface area contributed by atoms with Gasteiger partial charge in [0.1, 0.15) is 19.8 Å². The van der Waals surface area contributed by atoms with Gasteiger partial charge in [0.2, 0.25) is 0 Å². The Bertz CT molecular complexity index is 2820. The predicted molar refractivity (Wildman–Crippen MR) is 249 cm³/mol. The van der Waals surface area contributed by atoms with E-state index in [9.17, 15) is 5.11 Å². The van der Waals surface area contributed by atoms with E-state index in [1.54, 1.807) is 6.07 Å². The summed E-state index contributed by atoms with van der Waals surface area (Å²) in [5, 5.41) is 13.2. The Balaban J connectivity index is 0.000000162. The molecule has 0 unspecified atom stereocenters. The van der Waals surface area contributed by atoms with Gasteiger partial charge in [0, 0.05) is 32.9 Å². The minimum atomic E-state index is 0.243. The van der Waals surface area contributed by atoms with Gasteiger partial charge in [-0.2, -0.15) is 19.2 Å². The average Bonchev–Trinajstić information content (AvgIpc) is 3.62. The molecular formula is C55H56N2O8. The van der Waals surface area contributed by atoms with Gasteiger partial charge in [0.05, 0.1) is 24.5 Å². The highest BCUT2D eigenvalue weighted by Crippen LogP contribution is 2.51. The maximum absolute atomic E-state index is 10.4. The predicted octanol–water partition coefficient (Wildman–Crippen LogP) is 12.2. The fraction of sp³-hybridized carbons (Fsp3) is 0.345. The molecule has 4 aliphatic rings. The number of nitrogens with zero attached hydrogens (tertiary/aromatic N) is 2. The molecule has 65 heavy (non-hydrogen) atoms. The molecule has 334 valence electrons. The lowest BCUT2D eigenvalue weighted by Gasteiger charge is -2.24. The van der Waals surface area contributed by atoms with Crippen molar-refractivity contribution in [3.8, 4) is 45.5 Å². The number of phenolic OH excluding ortho intramolecular Hbond substituents is 1. The third-order valence-corrected chi connectivity index (χ3v) is 13.4. The fourth-order valence-corrected chi connectivity index (χ4v) is 10.7. The number of benzene rings is 5. The highest BCUT2D eigenvalue weighted by Gasteiger charge is 2.32. The molecule has 10 nitrogen and oxygen atoms in total. The molecule has 2 aliphatic heterocycles. The van der Waals surface area contributed by atoms with E-state index in [2.05, 4.69) is 102 Å². The summed E-state index contributed by atoms with van der Waals surface area (Å²) in [4.78, 5) is 32.5. The van der Waals surface area contributed by atoms with Crippen LogP contribution in [0.25, 0.3) is 44.3 Å². The lowest BCUT2D eigenvalue weighted by Crippen LogP contribution is -2.07. The summed E-state index contributed by atoms with van der Waals surface area (Å²) in [5.74, 6) is 3.82. The van der Waals surface area contributed by atoms with Crippen molar-refractivity contribution in [1.29, 1.82) is 0 Å². The van der Waals surface area contributed by atoms with Crippen molar-refractivity contribution in [2.24, 2.45) is 0 Å². The Hall–Kier alpha value is -6.86. The summed E-state index contributed by atoms with van der Waals surface area (Å²) in [7, 11) is 0. The summed E-state index contributed by atoms with van der Waals surface area (Å²) >= 11 is 0. The molecule has 2 saturated carbocycles. The van der Waals surface area contributed by atoms with Crippen LogP contribution in [0.15, 0.2) is 103 Å². The topological polar surface area (TPSA) is 126 Å². The number of ether oxygens (including phenoxy) is 3. The second-order valence-electron chi connectivity index (χ2n) is 17.5. The van der Waals surface area contributed by atoms with Crippen LogP contribution in [0, 0.1) is 13.8 Å². The van der Waals surface area contributed by atoms with E-state index < -0.39 is 0 Å². The third kappa shape index (κ3) is 9.37. The summed E-state index contributed by atoms with van der Waals surface area (Å²) in [5.41, 5.74) is 14.2. The van der Waals surface area contributed by atoms with Crippen LogP contribution in [0.5, 0.6) is 23.0 Å². The fourth-order valence-electron chi connectivity index (χ4n) is 10.7. The Labute approximate surface area is 379 Å². The van der Waals surface area contributed by atoms with Gasteiger partial charge in [0.25, 0.3) is 0 Å². The molecule has 0 saturated heterocycles. The van der Waals surface area contributed by atoms with E-state index in [1.165, 1.54) is 125 Å². The van der Waals surface area contributed by atoms with Crippen molar-refractivity contribution < 1.29 is 38.5 Å². The van der Waals surface area contributed by atoms with Crippen LogP contribution in [0.2, 0.25) is 0 Å². The highest BCUT2D eigenvalue weighted by atomic mass is 16.5. The Kier molecular flexibility index (Phi) is 14.3. The zero-order valence-electron chi connectivity index (χ0n) is 37.3. The zero-order chi connectivity index (χ0) is 45.3. The number of hydrogen-bond acceptors (Lipinski definition) is 8. The molecule has 11 rings (SSSR count). The van der Waals surface area contributed by atoms with Crippen LogP contribution in [0.4, 0.5) is 0 Å². The van der Waals surface area contributed by atoms with E-state index in [1.807, 2.05) is 18.2 Å². The molecule has 2 aromatic heterocycles. The molecule has 0 radical (unpaired) electrons. The summed E-state index contributed by atoms with van der Waals surface area (Å²) in [6.07, 6.45) is 13.6. The third-order valence-electron chi connectivity index (χ3n) is 13.4. The molecule has 5 aromatic carbocycles. The summed E-state index contributed by atoms with van der Waals surface area (Å²) < 4.78 is 23.6. The number of hydrogen-bond donors (Lipinski definition) is 1. The van der Waals surface area contributed by atoms with Crippen molar-refractivity contribution in [2.45, 2.75) is 110 Å². The SMILES string of the molecule is Cc1ccc2c(C3CCCCC3)c3n(c2c1)CCOc1c(O)cccc1-3.Cc1ccc2c(C3CCCCC3)c3n(c2c1)CCOc1c(OCc2ccccc2)cccc1-3.O=C=O.O=C=O. The van der Waals surface area contributed by atoms with Crippen molar-refractivity contribution in [1.82, 2.24) is 9.13 Å². The van der Waals surface area contributed by atoms with Crippen LogP contribution in [0.1, 0.15) is 104 Å². The summed E-state index contributed by atoms with van der Waals surface area (Å²) in [6.45, 7) is 7.79. The highest BCUT2D eigenvalue weighted by molar-refractivity contribution is 5.96. The van der Waals surface area contributed by atoms with Crippen LogP contribution < -0.4 is 14.2 Å². The number of aromatic nitrogens is 2. The van der Waals surface area contributed by atoms with Gasteiger partial charge in [-0.25, -0.2) is 0 Å². The molecule has 4 heterocycles. The second-order valence-corrected chi connectivity index (χ2v) is 17.5. The van der Waals surface area contributed by atoms with Crippen LogP contribution >= 0.6 is 0 Å². The number of aromatic hydroxyl groups is 1. The quantitative estimate of drug-likeness (QED) is 0.181.